The molecule has 0 spiro atoms. The van der Waals surface area contributed by atoms with Crippen LogP contribution in [0.3, 0.4) is 0 Å². The number of aryl methyl sites for hydroxylation is 4. The number of hydrogen-bond donors (Lipinski definition) is 1. The van der Waals surface area contributed by atoms with E-state index in [-0.39, 0.29) is 5.91 Å². The molecule has 3 heterocycles. The molecule has 0 bridgehead atoms. The molecule has 3 aromatic heterocycles. The van der Waals surface area contributed by atoms with E-state index in [4.69, 9.17) is 0 Å². The lowest BCUT2D eigenvalue weighted by Crippen LogP contribution is -2.13. The molecule has 0 aliphatic rings. The third-order valence-electron chi connectivity index (χ3n) is 4.48. The van der Waals surface area contributed by atoms with Crippen molar-refractivity contribution in [3.8, 4) is 11.3 Å². The van der Waals surface area contributed by atoms with E-state index in [2.05, 4.69) is 36.3 Å². The van der Waals surface area contributed by atoms with Crippen molar-refractivity contribution in [3.63, 3.8) is 0 Å². The summed E-state index contributed by atoms with van der Waals surface area (Å²) in [6.07, 6.45) is 0. The highest BCUT2D eigenvalue weighted by atomic mass is 79.9. The zero-order valence-electron chi connectivity index (χ0n) is 15.9. The van der Waals surface area contributed by atoms with Crippen molar-refractivity contribution in [2.75, 3.05) is 5.32 Å². The number of halogens is 1. The van der Waals surface area contributed by atoms with Crippen molar-refractivity contribution >= 4 is 49.3 Å². The van der Waals surface area contributed by atoms with Crippen LogP contribution in [0.1, 0.15) is 26.6 Å². The average molecular weight is 456 g/mol. The highest BCUT2D eigenvalue weighted by molar-refractivity contribution is 9.10. The minimum Gasteiger partial charge on any atom is -0.298 e. The maximum absolute atomic E-state index is 13.0. The number of rotatable bonds is 3. The molecule has 0 aliphatic heterocycles. The molecular formula is C20H18BrN5OS. The van der Waals surface area contributed by atoms with Crippen LogP contribution in [-0.2, 0) is 7.05 Å². The van der Waals surface area contributed by atoms with Gasteiger partial charge < -0.3 is 0 Å². The van der Waals surface area contributed by atoms with Gasteiger partial charge in [-0.25, -0.2) is 9.97 Å². The van der Waals surface area contributed by atoms with Crippen molar-refractivity contribution in [3.05, 3.63) is 56.6 Å². The number of pyridine rings is 1. The second-order valence-corrected chi connectivity index (χ2v) is 8.72. The number of aromatic nitrogens is 4. The highest BCUT2D eigenvalue weighted by Gasteiger charge is 2.19. The first kappa shape index (κ1) is 18.8. The first-order valence-electron chi connectivity index (χ1n) is 8.69. The van der Waals surface area contributed by atoms with E-state index in [1.165, 1.54) is 11.3 Å². The summed E-state index contributed by atoms with van der Waals surface area (Å²) in [5, 5.41) is 8.70. The van der Waals surface area contributed by atoms with Gasteiger partial charge in [0, 0.05) is 27.7 Å². The zero-order chi connectivity index (χ0) is 20.0. The summed E-state index contributed by atoms with van der Waals surface area (Å²) in [7, 11) is 1.83. The van der Waals surface area contributed by atoms with Crippen molar-refractivity contribution < 1.29 is 4.79 Å². The van der Waals surface area contributed by atoms with Gasteiger partial charge in [0.2, 0.25) is 0 Å². The zero-order valence-corrected chi connectivity index (χ0v) is 18.3. The quantitative estimate of drug-likeness (QED) is 0.469. The van der Waals surface area contributed by atoms with Crippen LogP contribution in [0.4, 0.5) is 5.13 Å². The SMILES string of the molecule is Cc1cc(C(=O)Nc2nc(-c3ccc(Br)cc3)c(C)s2)c2c(C)nn(C)c2n1. The molecule has 1 amide bonds. The molecule has 8 heteroatoms. The number of amides is 1. The van der Waals surface area contributed by atoms with Crippen LogP contribution in [0.2, 0.25) is 0 Å². The molecule has 28 heavy (non-hydrogen) atoms. The number of nitrogens with zero attached hydrogens (tertiary/aromatic N) is 4. The van der Waals surface area contributed by atoms with Gasteiger partial charge in [0.25, 0.3) is 5.91 Å². The van der Waals surface area contributed by atoms with E-state index in [1.807, 2.05) is 52.1 Å². The van der Waals surface area contributed by atoms with Gasteiger partial charge in [-0.05, 0) is 39.0 Å². The fourth-order valence-corrected chi connectivity index (χ4v) is 4.33. The van der Waals surface area contributed by atoms with Gasteiger partial charge in [-0.1, -0.05) is 28.1 Å². The lowest BCUT2D eigenvalue weighted by atomic mass is 10.1. The Morgan fingerprint density at radius 1 is 1.14 bits per heavy atom. The Balaban J connectivity index is 1.69. The maximum Gasteiger partial charge on any atom is 0.258 e. The molecule has 0 saturated carbocycles. The topological polar surface area (TPSA) is 72.7 Å². The van der Waals surface area contributed by atoms with Gasteiger partial charge in [0.05, 0.1) is 22.3 Å². The van der Waals surface area contributed by atoms with Gasteiger partial charge in [0.15, 0.2) is 10.8 Å². The van der Waals surface area contributed by atoms with Crippen molar-refractivity contribution in [1.82, 2.24) is 19.7 Å². The lowest BCUT2D eigenvalue weighted by Gasteiger charge is -2.05. The van der Waals surface area contributed by atoms with Crippen LogP contribution < -0.4 is 5.32 Å². The van der Waals surface area contributed by atoms with Crippen LogP contribution in [0.15, 0.2) is 34.8 Å². The summed E-state index contributed by atoms with van der Waals surface area (Å²) in [6.45, 7) is 5.76. The van der Waals surface area contributed by atoms with E-state index in [0.29, 0.717) is 16.3 Å². The molecule has 0 aliphatic carbocycles. The molecule has 1 aromatic carbocycles. The molecule has 142 valence electrons. The van der Waals surface area contributed by atoms with Gasteiger partial charge in [-0.3, -0.25) is 14.8 Å². The third kappa shape index (κ3) is 3.33. The molecule has 4 aromatic rings. The summed E-state index contributed by atoms with van der Waals surface area (Å²) < 4.78 is 2.72. The Morgan fingerprint density at radius 2 is 1.86 bits per heavy atom. The van der Waals surface area contributed by atoms with Crippen molar-refractivity contribution in [1.29, 1.82) is 0 Å². The summed E-state index contributed by atoms with van der Waals surface area (Å²) in [5.74, 6) is -0.206. The molecule has 0 saturated heterocycles. The molecule has 0 unspecified atom stereocenters. The number of carbonyl (C=O) groups excluding carboxylic acids is 1. The monoisotopic (exact) mass is 455 g/mol. The Labute approximate surface area is 174 Å². The fourth-order valence-electron chi connectivity index (χ4n) is 3.24. The van der Waals surface area contributed by atoms with E-state index < -0.39 is 0 Å². The first-order chi connectivity index (χ1) is 13.3. The maximum atomic E-state index is 13.0. The van der Waals surface area contributed by atoms with E-state index in [9.17, 15) is 4.79 Å². The van der Waals surface area contributed by atoms with Crippen LogP contribution in [-0.4, -0.2) is 25.7 Å². The fraction of sp³-hybridized carbons (Fsp3) is 0.200. The number of fused-ring (bicyclic) bond motifs is 1. The van der Waals surface area contributed by atoms with E-state index >= 15 is 0 Å². The van der Waals surface area contributed by atoms with E-state index in [0.717, 1.165) is 37.4 Å². The Hall–Kier alpha value is -2.58. The first-order valence-corrected chi connectivity index (χ1v) is 10.3. The summed E-state index contributed by atoms with van der Waals surface area (Å²) in [4.78, 5) is 23.2. The average Bonchev–Trinajstić information content (AvgIpc) is 3.14. The van der Waals surface area contributed by atoms with Crippen LogP contribution in [0, 0.1) is 20.8 Å². The molecule has 0 radical (unpaired) electrons. The van der Waals surface area contributed by atoms with Crippen LogP contribution in [0.25, 0.3) is 22.3 Å². The number of benzene rings is 1. The minimum atomic E-state index is -0.206. The largest absolute Gasteiger partial charge is 0.298 e. The summed E-state index contributed by atoms with van der Waals surface area (Å²) >= 11 is 4.91. The Morgan fingerprint density at radius 3 is 2.57 bits per heavy atom. The smallest absolute Gasteiger partial charge is 0.258 e. The lowest BCUT2D eigenvalue weighted by molar-refractivity contribution is 0.102. The predicted molar refractivity (Wildman–Crippen MR) is 116 cm³/mol. The van der Waals surface area contributed by atoms with Gasteiger partial charge in [-0.15, -0.1) is 11.3 Å². The standard InChI is InChI=1S/C20H18BrN5OS/c1-10-9-15(16-11(2)25-26(4)18(16)22-10)19(27)24-20-23-17(12(3)28-20)13-5-7-14(21)8-6-13/h5-9H,1-4H3,(H,23,24,27). The molecule has 0 fully saturated rings. The minimum absolute atomic E-state index is 0.206. The normalized spacial score (nSPS) is 11.2. The highest BCUT2D eigenvalue weighted by Crippen LogP contribution is 2.32. The van der Waals surface area contributed by atoms with Gasteiger partial charge in [-0.2, -0.15) is 5.10 Å². The van der Waals surface area contributed by atoms with Gasteiger partial charge in [0.1, 0.15) is 0 Å². The van der Waals surface area contributed by atoms with Crippen LogP contribution in [0.5, 0.6) is 0 Å². The molecule has 4 rings (SSSR count). The third-order valence-corrected chi connectivity index (χ3v) is 5.89. The number of hydrogen-bond acceptors (Lipinski definition) is 5. The van der Waals surface area contributed by atoms with Crippen molar-refractivity contribution in [2.45, 2.75) is 20.8 Å². The van der Waals surface area contributed by atoms with Crippen LogP contribution >= 0.6 is 27.3 Å². The number of carbonyl (C=O) groups is 1. The van der Waals surface area contributed by atoms with Gasteiger partial charge >= 0.3 is 0 Å². The summed E-state index contributed by atoms with van der Waals surface area (Å²) in [6, 6.07) is 9.77. The second-order valence-electron chi connectivity index (χ2n) is 6.60. The van der Waals surface area contributed by atoms with Crippen molar-refractivity contribution in [2.24, 2.45) is 7.05 Å². The number of nitrogens with one attached hydrogen (secondary N) is 1. The molecule has 6 nitrogen and oxygen atoms in total. The van der Waals surface area contributed by atoms with E-state index in [1.54, 1.807) is 10.7 Å². The molecular weight excluding hydrogens is 438 g/mol. The number of thiazole rings is 1. The Kier molecular flexibility index (Phi) is 4.76. The predicted octanol–water partition coefficient (Wildman–Crippen LogP) is 5.03. The molecule has 1 N–H and O–H groups in total. The molecule has 0 atom stereocenters. The number of anilines is 1. The summed E-state index contributed by atoms with van der Waals surface area (Å²) in [5.41, 5.74) is 4.70. The Bertz CT molecular complexity index is 1210. The second kappa shape index (κ2) is 7.10.